The summed E-state index contributed by atoms with van der Waals surface area (Å²) in [7, 11) is -0.346. The molecule has 0 aliphatic heterocycles. The number of rotatable bonds is 8. The third-order valence-electron chi connectivity index (χ3n) is 2.10. The van der Waals surface area contributed by atoms with Crippen LogP contribution in [-0.2, 0) is 13.6 Å². The standard InChI is InChI=1S/C9H21NO3Si/c1-4-7-13-14(3,12-2)8-5-6-9(10)11/h4-8H2,1-3H3,(H2,10,11). The third kappa shape index (κ3) is 6.12. The molecule has 0 aromatic rings. The second-order valence-electron chi connectivity index (χ2n) is 3.51. The Bertz CT molecular complexity index is 177. The topological polar surface area (TPSA) is 61.5 Å². The van der Waals surface area contributed by atoms with Crippen LogP contribution >= 0.6 is 0 Å². The lowest BCUT2D eigenvalue weighted by atomic mass is 10.3. The lowest BCUT2D eigenvalue weighted by Gasteiger charge is -2.24. The lowest BCUT2D eigenvalue weighted by Crippen LogP contribution is -2.37. The first-order valence-corrected chi connectivity index (χ1v) is 7.54. The zero-order chi connectivity index (χ0) is 11.0. The van der Waals surface area contributed by atoms with E-state index >= 15 is 0 Å². The molecule has 0 fully saturated rings. The first-order valence-electron chi connectivity index (χ1n) is 5.01. The molecule has 0 saturated carbocycles. The van der Waals surface area contributed by atoms with Gasteiger partial charge in [0, 0.05) is 20.1 Å². The van der Waals surface area contributed by atoms with Gasteiger partial charge in [0.2, 0.25) is 5.91 Å². The fourth-order valence-electron chi connectivity index (χ4n) is 1.13. The molecule has 0 rings (SSSR count). The van der Waals surface area contributed by atoms with Gasteiger partial charge in [0.1, 0.15) is 0 Å². The highest BCUT2D eigenvalue weighted by Crippen LogP contribution is 2.16. The minimum atomic E-state index is -2.02. The van der Waals surface area contributed by atoms with Crippen LogP contribution in [0.5, 0.6) is 0 Å². The van der Waals surface area contributed by atoms with Crippen LogP contribution in [0.2, 0.25) is 12.6 Å². The van der Waals surface area contributed by atoms with E-state index in [-0.39, 0.29) is 5.91 Å². The van der Waals surface area contributed by atoms with Gasteiger partial charge in [0.05, 0.1) is 0 Å². The van der Waals surface area contributed by atoms with Gasteiger partial charge in [-0.3, -0.25) is 4.79 Å². The van der Waals surface area contributed by atoms with Gasteiger partial charge >= 0.3 is 8.56 Å². The molecule has 0 aliphatic carbocycles. The molecule has 5 heteroatoms. The highest BCUT2D eigenvalue weighted by atomic mass is 28.4. The van der Waals surface area contributed by atoms with E-state index in [4.69, 9.17) is 14.6 Å². The van der Waals surface area contributed by atoms with Gasteiger partial charge in [0.25, 0.3) is 0 Å². The van der Waals surface area contributed by atoms with E-state index in [0.29, 0.717) is 6.42 Å². The Labute approximate surface area is 87.0 Å². The summed E-state index contributed by atoms with van der Waals surface area (Å²) < 4.78 is 11.1. The molecule has 84 valence electrons. The fourth-order valence-corrected chi connectivity index (χ4v) is 3.06. The van der Waals surface area contributed by atoms with Gasteiger partial charge in [-0.1, -0.05) is 6.92 Å². The summed E-state index contributed by atoms with van der Waals surface area (Å²) in [5.74, 6) is -0.257. The van der Waals surface area contributed by atoms with Gasteiger partial charge in [0.15, 0.2) is 0 Å². The zero-order valence-electron chi connectivity index (χ0n) is 9.34. The molecule has 0 aromatic carbocycles. The molecule has 14 heavy (non-hydrogen) atoms. The molecule has 1 atom stereocenters. The zero-order valence-corrected chi connectivity index (χ0v) is 10.3. The average molecular weight is 219 g/mol. The normalized spacial score (nSPS) is 15.1. The quantitative estimate of drug-likeness (QED) is 0.628. The molecule has 0 heterocycles. The van der Waals surface area contributed by atoms with Crippen molar-refractivity contribution in [2.24, 2.45) is 5.73 Å². The second-order valence-corrected chi connectivity index (χ2v) is 6.97. The van der Waals surface area contributed by atoms with E-state index in [2.05, 4.69) is 6.92 Å². The summed E-state index contributed by atoms with van der Waals surface area (Å²) in [4.78, 5) is 10.5. The van der Waals surface area contributed by atoms with Crippen LogP contribution in [0.4, 0.5) is 0 Å². The number of hydrogen-bond donors (Lipinski definition) is 1. The minimum Gasteiger partial charge on any atom is -0.398 e. The fraction of sp³-hybridized carbons (Fsp3) is 0.889. The smallest absolute Gasteiger partial charge is 0.334 e. The van der Waals surface area contributed by atoms with E-state index in [1.165, 1.54) is 0 Å². The largest absolute Gasteiger partial charge is 0.398 e. The summed E-state index contributed by atoms with van der Waals surface area (Å²) >= 11 is 0. The van der Waals surface area contributed by atoms with Crippen LogP contribution in [0.3, 0.4) is 0 Å². The van der Waals surface area contributed by atoms with Gasteiger partial charge in [-0.15, -0.1) is 0 Å². The maximum Gasteiger partial charge on any atom is 0.334 e. The van der Waals surface area contributed by atoms with Crippen LogP contribution < -0.4 is 5.73 Å². The van der Waals surface area contributed by atoms with Crippen molar-refractivity contribution in [3.63, 3.8) is 0 Å². The molecule has 1 amide bonds. The number of hydrogen-bond acceptors (Lipinski definition) is 3. The van der Waals surface area contributed by atoms with E-state index in [0.717, 1.165) is 25.5 Å². The van der Waals surface area contributed by atoms with E-state index < -0.39 is 8.56 Å². The molecule has 0 spiro atoms. The Morgan fingerprint density at radius 1 is 1.50 bits per heavy atom. The lowest BCUT2D eigenvalue weighted by molar-refractivity contribution is -0.118. The van der Waals surface area contributed by atoms with Crippen LogP contribution in [0.1, 0.15) is 26.2 Å². The summed E-state index contributed by atoms with van der Waals surface area (Å²) in [6.45, 7) is 4.81. The maximum atomic E-state index is 10.5. The average Bonchev–Trinajstić information content (AvgIpc) is 2.14. The molecule has 2 N–H and O–H groups in total. The van der Waals surface area contributed by atoms with Crippen LogP contribution in [0.25, 0.3) is 0 Å². The number of carbonyl (C=O) groups excluding carboxylic acids is 1. The van der Waals surface area contributed by atoms with Gasteiger partial charge < -0.3 is 14.6 Å². The molecule has 1 unspecified atom stereocenters. The predicted octanol–water partition coefficient (Wildman–Crippen LogP) is 1.40. The number of primary amides is 1. The Kier molecular flexibility index (Phi) is 6.78. The van der Waals surface area contributed by atoms with Crippen molar-refractivity contribution in [1.29, 1.82) is 0 Å². The van der Waals surface area contributed by atoms with E-state index in [1.54, 1.807) is 7.11 Å². The first kappa shape index (κ1) is 13.6. The summed E-state index contributed by atoms with van der Waals surface area (Å²) in [5, 5.41) is 0. The Morgan fingerprint density at radius 2 is 2.14 bits per heavy atom. The van der Waals surface area contributed by atoms with Crippen molar-refractivity contribution in [1.82, 2.24) is 0 Å². The predicted molar refractivity (Wildman–Crippen MR) is 58.1 cm³/mol. The molecule has 0 aromatic heterocycles. The number of amides is 1. The molecular weight excluding hydrogens is 198 g/mol. The molecule has 0 saturated heterocycles. The number of carbonyl (C=O) groups is 1. The maximum absolute atomic E-state index is 10.5. The third-order valence-corrected chi connectivity index (χ3v) is 5.04. The van der Waals surface area contributed by atoms with Crippen molar-refractivity contribution in [3.05, 3.63) is 0 Å². The van der Waals surface area contributed by atoms with Gasteiger partial charge in [-0.05, 0) is 25.4 Å². The first-order chi connectivity index (χ1) is 6.54. The molecular formula is C9H21NO3Si. The Morgan fingerprint density at radius 3 is 2.57 bits per heavy atom. The van der Waals surface area contributed by atoms with Crippen molar-refractivity contribution in [2.45, 2.75) is 38.8 Å². The molecule has 0 radical (unpaired) electrons. The van der Waals surface area contributed by atoms with Crippen molar-refractivity contribution < 1.29 is 13.6 Å². The van der Waals surface area contributed by atoms with Crippen LogP contribution in [0.15, 0.2) is 0 Å². The van der Waals surface area contributed by atoms with Crippen LogP contribution in [-0.4, -0.2) is 28.2 Å². The Balaban J connectivity index is 3.79. The Hall–Kier alpha value is -0.393. The van der Waals surface area contributed by atoms with Crippen molar-refractivity contribution in [2.75, 3.05) is 13.7 Å². The summed E-state index contributed by atoms with van der Waals surface area (Å²) in [6.07, 6.45) is 2.17. The molecule has 0 aliphatic rings. The van der Waals surface area contributed by atoms with Gasteiger partial charge in [-0.25, -0.2) is 0 Å². The number of nitrogens with two attached hydrogens (primary N) is 1. The molecule has 4 nitrogen and oxygen atoms in total. The highest BCUT2D eigenvalue weighted by Gasteiger charge is 2.29. The minimum absolute atomic E-state index is 0.257. The summed E-state index contributed by atoms with van der Waals surface area (Å²) in [5.41, 5.74) is 5.06. The van der Waals surface area contributed by atoms with Crippen LogP contribution in [0, 0.1) is 0 Å². The monoisotopic (exact) mass is 219 g/mol. The van der Waals surface area contributed by atoms with Crippen molar-refractivity contribution >= 4 is 14.5 Å². The summed E-state index contributed by atoms with van der Waals surface area (Å²) in [6, 6.07) is 0.826. The SMILES string of the molecule is CCCO[Si](C)(CCCC(N)=O)OC. The van der Waals surface area contributed by atoms with E-state index in [9.17, 15) is 4.79 Å². The van der Waals surface area contributed by atoms with Gasteiger partial charge in [-0.2, -0.15) is 0 Å². The second kappa shape index (κ2) is 6.97. The van der Waals surface area contributed by atoms with E-state index in [1.807, 2.05) is 6.55 Å². The molecule has 0 bridgehead atoms. The van der Waals surface area contributed by atoms with Crippen molar-refractivity contribution in [3.8, 4) is 0 Å². The highest BCUT2D eigenvalue weighted by molar-refractivity contribution is 6.65.